The van der Waals surface area contributed by atoms with Crippen molar-refractivity contribution in [1.82, 2.24) is 4.90 Å². The van der Waals surface area contributed by atoms with Crippen molar-refractivity contribution in [2.75, 3.05) is 20.1 Å². The Balaban J connectivity index is 1.63. The van der Waals surface area contributed by atoms with Gasteiger partial charge < -0.3 is 15.1 Å². The molecule has 2 aromatic carbocycles. The molecule has 2 aromatic rings. The maximum Gasteiger partial charge on any atom is 0.160 e. The van der Waals surface area contributed by atoms with Crippen LogP contribution in [-0.2, 0) is 12.8 Å². The van der Waals surface area contributed by atoms with Crippen molar-refractivity contribution in [1.29, 1.82) is 0 Å². The van der Waals surface area contributed by atoms with E-state index in [0.717, 1.165) is 55.5 Å². The van der Waals surface area contributed by atoms with Crippen LogP contribution in [0.4, 0.5) is 4.39 Å². The van der Waals surface area contributed by atoms with Crippen LogP contribution in [0.25, 0.3) is 0 Å². The van der Waals surface area contributed by atoms with Crippen LogP contribution < -0.4 is 0 Å². The number of halogens is 1. The predicted octanol–water partition coefficient (Wildman–Crippen LogP) is 3.83. The van der Waals surface area contributed by atoms with Gasteiger partial charge in [0.1, 0.15) is 5.82 Å². The molecule has 0 saturated heterocycles. The molecule has 0 bridgehead atoms. The first-order valence-electron chi connectivity index (χ1n) is 8.51. The third-order valence-electron chi connectivity index (χ3n) is 4.92. The van der Waals surface area contributed by atoms with Crippen molar-refractivity contribution in [2.45, 2.75) is 31.6 Å². The van der Waals surface area contributed by atoms with Crippen LogP contribution in [0.15, 0.2) is 36.4 Å². The third kappa shape index (κ3) is 3.70. The summed E-state index contributed by atoms with van der Waals surface area (Å²) in [6.07, 6.45) is 3.74. The summed E-state index contributed by atoms with van der Waals surface area (Å²) in [6, 6.07) is 10.3. The lowest BCUT2D eigenvalue weighted by atomic mass is 9.82. The van der Waals surface area contributed by atoms with Crippen molar-refractivity contribution < 1.29 is 14.6 Å². The summed E-state index contributed by atoms with van der Waals surface area (Å²) in [6.45, 7) is 1.76. The summed E-state index contributed by atoms with van der Waals surface area (Å²) in [7, 11) is 2.08. The molecule has 0 aromatic heterocycles. The van der Waals surface area contributed by atoms with Crippen LogP contribution >= 0.6 is 0 Å². The molecule has 0 heterocycles. The molecule has 1 atom stereocenters. The van der Waals surface area contributed by atoms with Crippen molar-refractivity contribution >= 4 is 0 Å². The monoisotopic (exact) mass is 329 g/mol. The molecule has 1 aliphatic rings. The van der Waals surface area contributed by atoms with Crippen LogP contribution in [0.5, 0.6) is 11.5 Å². The molecule has 0 aliphatic heterocycles. The van der Waals surface area contributed by atoms with Gasteiger partial charge in [0.15, 0.2) is 11.5 Å². The Morgan fingerprint density at radius 1 is 1.21 bits per heavy atom. The Kier molecular flexibility index (Phi) is 5.05. The average molecular weight is 329 g/mol. The molecule has 0 saturated carbocycles. The van der Waals surface area contributed by atoms with Gasteiger partial charge in [-0.15, -0.1) is 0 Å². The third-order valence-corrected chi connectivity index (χ3v) is 4.92. The summed E-state index contributed by atoms with van der Waals surface area (Å²) in [5, 5.41) is 19.8. The van der Waals surface area contributed by atoms with Gasteiger partial charge in [0, 0.05) is 18.7 Å². The highest BCUT2D eigenvalue weighted by Crippen LogP contribution is 2.40. The van der Waals surface area contributed by atoms with Crippen molar-refractivity contribution in [3.05, 3.63) is 58.9 Å². The standard InChI is InChI=1S/C20H24FNO2/c1-22(11-10-14-4-2-6-16(21)12-14)13-15-5-3-7-18-17(15)8-9-19(23)20(18)24/h2,4,6,8-9,12,15,23-24H,3,5,7,10-11,13H2,1H3. The Morgan fingerprint density at radius 2 is 2.04 bits per heavy atom. The lowest BCUT2D eigenvalue weighted by Crippen LogP contribution is -2.28. The number of hydrogen-bond donors (Lipinski definition) is 2. The summed E-state index contributed by atoms with van der Waals surface area (Å²) in [4.78, 5) is 2.26. The lowest BCUT2D eigenvalue weighted by Gasteiger charge is -2.30. The van der Waals surface area contributed by atoms with Gasteiger partial charge in [-0.05, 0) is 68.0 Å². The molecule has 0 fully saturated rings. The number of nitrogens with zero attached hydrogens (tertiary/aromatic N) is 1. The van der Waals surface area contributed by atoms with E-state index in [2.05, 4.69) is 11.9 Å². The number of likely N-dealkylation sites (N-methyl/N-ethyl adjacent to an activating group) is 1. The maximum atomic E-state index is 13.2. The SMILES string of the molecule is CN(CCc1cccc(F)c1)CC1CCCc2c1ccc(O)c2O. The minimum Gasteiger partial charge on any atom is -0.504 e. The van der Waals surface area contributed by atoms with Gasteiger partial charge >= 0.3 is 0 Å². The van der Waals surface area contributed by atoms with E-state index in [1.165, 1.54) is 6.07 Å². The summed E-state index contributed by atoms with van der Waals surface area (Å²) in [5.74, 6) is 0.179. The van der Waals surface area contributed by atoms with E-state index in [0.29, 0.717) is 5.92 Å². The second-order valence-electron chi connectivity index (χ2n) is 6.73. The smallest absolute Gasteiger partial charge is 0.160 e. The van der Waals surface area contributed by atoms with Crippen LogP contribution in [0, 0.1) is 5.82 Å². The number of benzene rings is 2. The van der Waals surface area contributed by atoms with E-state index in [1.54, 1.807) is 18.2 Å². The zero-order valence-electron chi connectivity index (χ0n) is 14.0. The topological polar surface area (TPSA) is 43.7 Å². The van der Waals surface area contributed by atoms with E-state index in [4.69, 9.17) is 0 Å². The highest BCUT2D eigenvalue weighted by Gasteiger charge is 2.24. The molecular formula is C20H24FNO2. The van der Waals surface area contributed by atoms with Gasteiger partial charge in [-0.25, -0.2) is 4.39 Å². The number of fused-ring (bicyclic) bond motifs is 1. The number of rotatable bonds is 5. The quantitative estimate of drug-likeness (QED) is 0.819. The van der Waals surface area contributed by atoms with E-state index >= 15 is 0 Å². The molecular weight excluding hydrogens is 305 g/mol. The fourth-order valence-electron chi connectivity index (χ4n) is 3.64. The minimum absolute atomic E-state index is 0.0335. The van der Waals surface area contributed by atoms with Gasteiger partial charge in [0.25, 0.3) is 0 Å². The van der Waals surface area contributed by atoms with Crippen molar-refractivity contribution in [3.8, 4) is 11.5 Å². The molecule has 24 heavy (non-hydrogen) atoms. The first kappa shape index (κ1) is 16.8. The van der Waals surface area contributed by atoms with Crippen LogP contribution in [0.3, 0.4) is 0 Å². The normalized spacial score (nSPS) is 17.0. The van der Waals surface area contributed by atoms with E-state index < -0.39 is 0 Å². The first-order chi connectivity index (χ1) is 11.5. The van der Waals surface area contributed by atoms with Crippen LogP contribution in [-0.4, -0.2) is 35.3 Å². The zero-order valence-corrected chi connectivity index (χ0v) is 14.0. The predicted molar refractivity (Wildman–Crippen MR) is 93.1 cm³/mol. The highest BCUT2D eigenvalue weighted by atomic mass is 19.1. The molecule has 1 aliphatic carbocycles. The lowest BCUT2D eigenvalue weighted by molar-refractivity contribution is 0.299. The average Bonchev–Trinajstić information content (AvgIpc) is 2.57. The minimum atomic E-state index is -0.188. The first-order valence-corrected chi connectivity index (χ1v) is 8.51. The largest absolute Gasteiger partial charge is 0.504 e. The molecule has 3 rings (SSSR count). The van der Waals surface area contributed by atoms with Crippen molar-refractivity contribution in [2.24, 2.45) is 0 Å². The highest BCUT2D eigenvalue weighted by molar-refractivity contribution is 5.51. The second-order valence-corrected chi connectivity index (χ2v) is 6.73. The molecule has 128 valence electrons. The van der Waals surface area contributed by atoms with Crippen LogP contribution in [0.2, 0.25) is 0 Å². The van der Waals surface area contributed by atoms with Gasteiger partial charge in [0.05, 0.1) is 0 Å². The number of aromatic hydroxyl groups is 2. The molecule has 2 N–H and O–H groups in total. The fraction of sp³-hybridized carbons (Fsp3) is 0.400. The van der Waals surface area contributed by atoms with Crippen molar-refractivity contribution in [3.63, 3.8) is 0 Å². The Bertz CT molecular complexity index is 717. The van der Waals surface area contributed by atoms with E-state index in [9.17, 15) is 14.6 Å². The summed E-state index contributed by atoms with van der Waals surface area (Å²) in [5.41, 5.74) is 3.05. The Morgan fingerprint density at radius 3 is 2.83 bits per heavy atom. The van der Waals surface area contributed by atoms with Gasteiger partial charge in [-0.2, -0.15) is 0 Å². The van der Waals surface area contributed by atoms with Gasteiger partial charge in [0.2, 0.25) is 0 Å². The zero-order chi connectivity index (χ0) is 17.1. The Hall–Kier alpha value is -2.07. The molecule has 4 heteroatoms. The molecule has 0 amide bonds. The second kappa shape index (κ2) is 7.22. The maximum absolute atomic E-state index is 13.2. The molecule has 1 unspecified atom stereocenters. The van der Waals surface area contributed by atoms with Gasteiger partial charge in [-0.1, -0.05) is 18.2 Å². The number of phenolic OH excluding ortho intramolecular Hbond substituents is 2. The molecule has 0 radical (unpaired) electrons. The Labute approximate surface area is 142 Å². The number of phenols is 2. The van der Waals surface area contributed by atoms with E-state index in [-0.39, 0.29) is 17.3 Å². The molecule has 0 spiro atoms. The van der Waals surface area contributed by atoms with Crippen LogP contribution in [0.1, 0.15) is 35.4 Å². The van der Waals surface area contributed by atoms with E-state index in [1.807, 2.05) is 12.1 Å². The summed E-state index contributed by atoms with van der Waals surface area (Å²) < 4.78 is 13.2. The fourth-order valence-corrected chi connectivity index (χ4v) is 3.64. The number of hydrogen-bond acceptors (Lipinski definition) is 3. The molecule has 3 nitrogen and oxygen atoms in total. The van der Waals surface area contributed by atoms with Gasteiger partial charge in [-0.3, -0.25) is 0 Å². The summed E-state index contributed by atoms with van der Waals surface area (Å²) >= 11 is 0.